The van der Waals surface area contributed by atoms with E-state index in [2.05, 4.69) is 4.98 Å². The standard InChI is InChI=1S/C15H21BF2N2O4S/c1-13(2)14(3,4)24-16(23-13)11-7-12(9-19-8-11)25(21,22)20-6-5-15(17,18)10-20/h7-9H,5-6,10H2,1-4H3. The molecule has 2 aliphatic rings. The highest BCUT2D eigenvalue weighted by Gasteiger charge is 2.52. The minimum Gasteiger partial charge on any atom is -0.399 e. The van der Waals surface area contributed by atoms with Gasteiger partial charge in [0, 0.05) is 30.8 Å². The SMILES string of the molecule is CC1(C)OB(c2cncc(S(=O)(=O)N3CCC(F)(F)C3)c2)OC1(C)C. The summed E-state index contributed by atoms with van der Waals surface area (Å²) in [6.07, 6.45) is 2.14. The fraction of sp³-hybridized carbons (Fsp3) is 0.667. The van der Waals surface area contributed by atoms with Crippen LogP contribution in [0.4, 0.5) is 8.78 Å². The molecule has 0 aromatic carbocycles. The molecular formula is C15H21BF2N2O4S. The molecule has 1 aromatic heterocycles. The van der Waals surface area contributed by atoms with E-state index in [1.807, 2.05) is 27.7 Å². The number of hydrogen-bond acceptors (Lipinski definition) is 5. The molecule has 2 saturated heterocycles. The van der Waals surface area contributed by atoms with Crippen molar-refractivity contribution in [2.75, 3.05) is 13.1 Å². The van der Waals surface area contributed by atoms with Gasteiger partial charge in [-0.05, 0) is 33.8 Å². The third-order valence-electron chi connectivity index (χ3n) is 5.03. The van der Waals surface area contributed by atoms with Crippen molar-refractivity contribution in [3.8, 4) is 0 Å². The number of halogens is 2. The van der Waals surface area contributed by atoms with E-state index in [-0.39, 0.29) is 11.4 Å². The number of hydrogen-bond donors (Lipinski definition) is 0. The summed E-state index contributed by atoms with van der Waals surface area (Å²) in [5.41, 5.74) is -0.724. The Morgan fingerprint density at radius 2 is 1.76 bits per heavy atom. The van der Waals surface area contributed by atoms with Gasteiger partial charge in [-0.15, -0.1) is 0 Å². The van der Waals surface area contributed by atoms with Crippen molar-refractivity contribution in [1.82, 2.24) is 9.29 Å². The van der Waals surface area contributed by atoms with Crippen LogP contribution in [-0.4, -0.2) is 55.0 Å². The third-order valence-corrected chi connectivity index (χ3v) is 6.84. The Bertz CT molecular complexity index is 769. The van der Waals surface area contributed by atoms with Crippen LogP contribution in [0.15, 0.2) is 23.4 Å². The molecule has 0 saturated carbocycles. The molecule has 0 amide bonds. The van der Waals surface area contributed by atoms with Crippen molar-refractivity contribution in [2.45, 2.75) is 56.1 Å². The maximum atomic E-state index is 13.4. The van der Waals surface area contributed by atoms with E-state index < -0.39 is 47.2 Å². The lowest BCUT2D eigenvalue weighted by Gasteiger charge is -2.32. The summed E-state index contributed by atoms with van der Waals surface area (Å²) >= 11 is 0. The number of rotatable bonds is 3. The van der Waals surface area contributed by atoms with Gasteiger partial charge in [-0.3, -0.25) is 4.98 Å². The topological polar surface area (TPSA) is 68.7 Å². The molecule has 2 fully saturated rings. The van der Waals surface area contributed by atoms with Crippen LogP contribution in [0.1, 0.15) is 34.1 Å². The van der Waals surface area contributed by atoms with Crippen LogP contribution in [0.2, 0.25) is 0 Å². The minimum atomic E-state index is -4.04. The first kappa shape index (κ1) is 18.7. The number of alkyl halides is 2. The first-order valence-corrected chi connectivity index (χ1v) is 9.47. The molecule has 0 N–H and O–H groups in total. The van der Waals surface area contributed by atoms with Crippen molar-refractivity contribution in [3.05, 3.63) is 18.5 Å². The van der Waals surface area contributed by atoms with Gasteiger partial charge in [0.1, 0.15) is 4.90 Å². The Hall–Kier alpha value is -1.10. The largest absolute Gasteiger partial charge is 0.496 e. The summed E-state index contributed by atoms with van der Waals surface area (Å²) in [6.45, 7) is 6.51. The highest BCUT2D eigenvalue weighted by Crippen LogP contribution is 2.36. The third kappa shape index (κ3) is 3.32. The van der Waals surface area contributed by atoms with Gasteiger partial charge in [-0.25, -0.2) is 17.2 Å². The first-order chi connectivity index (χ1) is 11.3. The Balaban J connectivity index is 1.88. The van der Waals surface area contributed by atoms with Gasteiger partial charge in [0.25, 0.3) is 5.92 Å². The summed E-state index contributed by atoms with van der Waals surface area (Å²) in [6, 6.07) is 1.38. The second-order valence-electron chi connectivity index (χ2n) is 7.49. The van der Waals surface area contributed by atoms with Crippen LogP contribution in [0.3, 0.4) is 0 Å². The molecule has 0 unspecified atom stereocenters. The molecule has 10 heteroatoms. The van der Waals surface area contributed by atoms with Gasteiger partial charge in [-0.1, -0.05) is 0 Å². The average Bonchev–Trinajstić information content (AvgIpc) is 2.96. The van der Waals surface area contributed by atoms with Crippen molar-refractivity contribution < 1.29 is 26.5 Å². The van der Waals surface area contributed by atoms with E-state index in [9.17, 15) is 17.2 Å². The van der Waals surface area contributed by atoms with Crippen molar-refractivity contribution in [1.29, 1.82) is 0 Å². The normalized spacial score (nSPS) is 25.4. The van der Waals surface area contributed by atoms with Crippen molar-refractivity contribution >= 4 is 22.6 Å². The van der Waals surface area contributed by atoms with E-state index in [4.69, 9.17) is 9.31 Å². The fourth-order valence-corrected chi connectivity index (χ4v) is 4.21. The van der Waals surface area contributed by atoms with Crippen molar-refractivity contribution in [3.63, 3.8) is 0 Å². The summed E-state index contributed by atoms with van der Waals surface area (Å²) in [7, 11) is -4.81. The molecule has 0 bridgehead atoms. The Morgan fingerprint density at radius 1 is 1.16 bits per heavy atom. The number of nitrogens with zero attached hydrogens (tertiary/aromatic N) is 2. The molecule has 0 aliphatic carbocycles. The lowest BCUT2D eigenvalue weighted by atomic mass is 9.80. The van der Waals surface area contributed by atoms with Gasteiger partial charge in [0.15, 0.2) is 0 Å². The smallest absolute Gasteiger partial charge is 0.399 e. The minimum absolute atomic E-state index is 0.141. The van der Waals surface area contributed by atoms with Crippen LogP contribution in [0.25, 0.3) is 0 Å². The Kier molecular flexibility index (Phi) is 4.26. The van der Waals surface area contributed by atoms with Gasteiger partial charge >= 0.3 is 7.12 Å². The molecular weight excluding hydrogens is 353 g/mol. The molecule has 1 aromatic rings. The predicted octanol–water partition coefficient (Wildman–Crippen LogP) is 1.41. The Labute approximate surface area is 146 Å². The highest BCUT2D eigenvalue weighted by atomic mass is 32.2. The van der Waals surface area contributed by atoms with E-state index in [1.165, 1.54) is 12.3 Å². The molecule has 138 valence electrons. The molecule has 0 spiro atoms. The number of aromatic nitrogens is 1. The van der Waals surface area contributed by atoms with E-state index in [0.29, 0.717) is 5.46 Å². The van der Waals surface area contributed by atoms with Crippen LogP contribution in [-0.2, 0) is 19.3 Å². The second kappa shape index (κ2) is 5.70. The van der Waals surface area contributed by atoms with E-state index >= 15 is 0 Å². The molecule has 6 nitrogen and oxygen atoms in total. The van der Waals surface area contributed by atoms with Crippen LogP contribution in [0, 0.1) is 0 Å². The van der Waals surface area contributed by atoms with Crippen LogP contribution >= 0.6 is 0 Å². The van der Waals surface area contributed by atoms with Gasteiger partial charge < -0.3 is 9.31 Å². The number of pyridine rings is 1. The zero-order valence-electron chi connectivity index (χ0n) is 14.6. The molecule has 0 radical (unpaired) electrons. The molecule has 3 heterocycles. The van der Waals surface area contributed by atoms with Crippen LogP contribution in [0.5, 0.6) is 0 Å². The van der Waals surface area contributed by atoms with E-state index in [0.717, 1.165) is 10.5 Å². The molecule has 0 atom stereocenters. The maximum absolute atomic E-state index is 13.4. The zero-order chi connectivity index (χ0) is 18.7. The van der Waals surface area contributed by atoms with Gasteiger partial charge in [-0.2, -0.15) is 4.31 Å². The van der Waals surface area contributed by atoms with Crippen LogP contribution < -0.4 is 5.46 Å². The van der Waals surface area contributed by atoms with Gasteiger partial charge in [0.05, 0.1) is 17.7 Å². The number of sulfonamides is 1. The molecule has 25 heavy (non-hydrogen) atoms. The quantitative estimate of drug-likeness (QED) is 0.749. The van der Waals surface area contributed by atoms with Crippen molar-refractivity contribution in [2.24, 2.45) is 0 Å². The Morgan fingerprint density at radius 3 is 2.28 bits per heavy atom. The van der Waals surface area contributed by atoms with Gasteiger partial charge in [0.2, 0.25) is 10.0 Å². The monoisotopic (exact) mass is 374 g/mol. The zero-order valence-corrected chi connectivity index (χ0v) is 15.4. The lowest BCUT2D eigenvalue weighted by molar-refractivity contribution is 0.00578. The van der Waals surface area contributed by atoms with E-state index in [1.54, 1.807) is 0 Å². The predicted molar refractivity (Wildman–Crippen MR) is 88.3 cm³/mol. The summed E-state index contributed by atoms with van der Waals surface area (Å²) in [4.78, 5) is 3.80. The molecule has 2 aliphatic heterocycles. The first-order valence-electron chi connectivity index (χ1n) is 8.03. The molecule has 3 rings (SSSR count). The summed E-state index contributed by atoms with van der Waals surface area (Å²) < 4.78 is 64.5. The fourth-order valence-electron chi connectivity index (χ4n) is 2.74. The second-order valence-corrected chi connectivity index (χ2v) is 9.42. The lowest BCUT2D eigenvalue weighted by Crippen LogP contribution is -2.41. The summed E-state index contributed by atoms with van der Waals surface area (Å²) in [5.74, 6) is -3.00. The highest BCUT2D eigenvalue weighted by molar-refractivity contribution is 7.89. The summed E-state index contributed by atoms with van der Waals surface area (Å²) in [5, 5.41) is 0. The average molecular weight is 374 g/mol. The maximum Gasteiger partial charge on any atom is 0.496 e.